The molecule has 0 fully saturated rings. The standard InChI is InChI=1S/C25H29BrClN3O3/c1-6-8-22-29-20-10-9-17(26)13-18(20)24(31)30(22)28-14-16-11-19(27)23(21(12-16)32-7-2)33-15-25(3,4)5/h9-14H,6-8,15H2,1-5H3. The molecule has 6 nitrogen and oxygen atoms in total. The van der Waals surface area contributed by atoms with Gasteiger partial charge in [-0.2, -0.15) is 9.78 Å². The van der Waals surface area contributed by atoms with Gasteiger partial charge in [-0.25, -0.2) is 4.98 Å². The second-order valence-corrected chi connectivity index (χ2v) is 10.2. The van der Waals surface area contributed by atoms with E-state index in [0.29, 0.717) is 58.4 Å². The van der Waals surface area contributed by atoms with E-state index in [1.54, 1.807) is 18.3 Å². The molecule has 0 atom stereocenters. The van der Waals surface area contributed by atoms with E-state index in [-0.39, 0.29) is 11.0 Å². The molecule has 0 saturated carbocycles. The van der Waals surface area contributed by atoms with Gasteiger partial charge in [-0.05, 0) is 54.7 Å². The zero-order chi connectivity index (χ0) is 24.2. The molecule has 0 bridgehead atoms. The van der Waals surface area contributed by atoms with Crippen LogP contribution in [0, 0.1) is 5.41 Å². The van der Waals surface area contributed by atoms with Gasteiger partial charge in [0.25, 0.3) is 5.56 Å². The molecule has 1 heterocycles. The number of benzene rings is 2. The van der Waals surface area contributed by atoms with Crippen LogP contribution in [0.15, 0.2) is 44.7 Å². The van der Waals surface area contributed by atoms with E-state index in [4.69, 9.17) is 21.1 Å². The highest BCUT2D eigenvalue weighted by atomic mass is 79.9. The van der Waals surface area contributed by atoms with Crippen LogP contribution in [0.5, 0.6) is 11.5 Å². The summed E-state index contributed by atoms with van der Waals surface area (Å²) in [6, 6.07) is 9.03. The molecule has 3 rings (SSSR count). The van der Waals surface area contributed by atoms with Crippen molar-refractivity contribution in [2.75, 3.05) is 13.2 Å². The summed E-state index contributed by atoms with van der Waals surface area (Å²) in [5.74, 6) is 1.65. The molecule has 0 radical (unpaired) electrons. The van der Waals surface area contributed by atoms with Gasteiger partial charge >= 0.3 is 0 Å². The van der Waals surface area contributed by atoms with Crippen LogP contribution in [0.3, 0.4) is 0 Å². The van der Waals surface area contributed by atoms with Crippen LogP contribution < -0.4 is 15.0 Å². The molecule has 0 unspecified atom stereocenters. The highest BCUT2D eigenvalue weighted by molar-refractivity contribution is 9.10. The normalized spacial score (nSPS) is 12.0. The van der Waals surface area contributed by atoms with E-state index in [9.17, 15) is 4.79 Å². The fourth-order valence-electron chi connectivity index (χ4n) is 3.18. The van der Waals surface area contributed by atoms with Gasteiger partial charge in [0.2, 0.25) is 0 Å². The molecule has 3 aromatic rings. The van der Waals surface area contributed by atoms with Crippen LogP contribution in [0.4, 0.5) is 0 Å². The first-order valence-corrected chi connectivity index (χ1v) is 12.1. The lowest BCUT2D eigenvalue weighted by atomic mass is 9.99. The smallest absolute Gasteiger partial charge is 0.282 e. The van der Waals surface area contributed by atoms with E-state index in [0.717, 1.165) is 10.9 Å². The molecule has 0 aliphatic rings. The first-order chi connectivity index (χ1) is 15.6. The van der Waals surface area contributed by atoms with Gasteiger partial charge in [0.15, 0.2) is 11.5 Å². The van der Waals surface area contributed by atoms with Crippen LogP contribution in [-0.2, 0) is 6.42 Å². The maximum Gasteiger partial charge on any atom is 0.282 e. The summed E-state index contributed by atoms with van der Waals surface area (Å²) in [5.41, 5.74) is 1.10. The zero-order valence-corrected chi connectivity index (χ0v) is 22.0. The van der Waals surface area contributed by atoms with Crippen LogP contribution in [0.25, 0.3) is 10.9 Å². The third-order valence-electron chi connectivity index (χ3n) is 4.65. The second kappa shape index (κ2) is 10.7. The summed E-state index contributed by atoms with van der Waals surface area (Å²) in [5, 5.41) is 5.40. The number of aromatic nitrogens is 2. The van der Waals surface area contributed by atoms with Crippen molar-refractivity contribution < 1.29 is 9.47 Å². The van der Waals surface area contributed by atoms with Gasteiger partial charge in [0, 0.05) is 10.9 Å². The molecule has 1 aromatic heterocycles. The van der Waals surface area contributed by atoms with Crippen LogP contribution in [-0.4, -0.2) is 29.1 Å². The van der Waals surface area contributed by atoms with Crippen molar-refractivity contribution in [1.82, 2.24) is 9.66 Å². The van der Waals surface area contributed by atoms with Crippen LogP contribution in [0.2, 0.25) is 5.02 Å². The fourth-order valence-corrected chi connectivity index (χ4v) is 3.81. The number of nitrogens with zero attached hydrogens (tertiary/aromatic N) is 3. The SMILES string of the molecule is CCCc1nc2ccc(Br)cc2c(=O)n1N=Cc1cc(Cl)c(OCC(C)(C)C)c(OCC)c1. The summed E-state index contributed by atoms with van der Waals surface area (Å²) in [7, 11) is 0. The Labute approximate surface area is 207 Å². The van der Waals surface area contributed by atoms with E-state index >= 15 is 0 Å². The number of rotatable bonds is 8. The Kier molecular flexibility index (Phi) is 8.19. The second-order valence-electron chi connectivity index (χ2n) is 8.91. The minimum Gasteiger partial charge on any atom is -0.490 e. The van der Waals surface area contributed by atoms with Crippen molar-refractivity contribution in [3.63, 3.8) is 0 Å². The highest BCUT2D eigenvalue weighted by Gasteiger charge is 2.17. The van der Waals surface area contributed by atoms with E-state index < -0.39 is 0 Å². The number of hydrogen-bond donors (Lipinski definition) is 0. The Morgan fingerprint density at radius 2 is 1.94 bits per heavy atom. The summed E-state index contributed by atoms with van der Waals surface area (Å²) in [6.07, 6.45) is 3.06. The van der Waals surface area contributed by atoms with Crippen molar-refractivity contribution in [3.05, 3.63) is 61.6 Å². The monoisotopic (exact) mass is 533 g/mol. The fraction of sp³-hybridized carbons (Fsp3) is 0.400. The van der Waals surface area contributed by atoms with E-state index in [2.05, 4.69) is 46.8 Å². The molecule has 8 heteroatoms. The molecular weight excluding hydrogens is 506 g/mol. The molecule has 0 N–H and O–H groups in total. The van der Waals surface area contributed by atoms with Crippen molar-refractivity contribution in [2.24, 2.45) is 10.5 Å². The quantitative estimate of drug-likeness (QED) is 0.311. The minimum absolute atomic E-state index is 0.0259. The molecule has 33 heavy (non-hydrogen) atoms. The largest absolute Gasteiger partial charge is 0.490 e. The topological polar surface area (TPSA) is 65.7 Å². The maximum atomic E-state index is 13.2. The molecule has 2 aromatic carbocycles. The lowest BCUT2D eigenvalue weighted by Crippen LogP contribution is -2.22. The Morgan fingerprint density at radius 3 is 2.61 bits per heavy atom. The highest BCUT2D eigenvalue weighted by Crippen LogP contribution is 2.37. The molecular formula is C25H29BrClN3O3. The first kappa shape index (κ1) is 25.2. The van der Waals surface area contributed by atoms with Gasteiger partial charge in [0.05, 0.1) is 35.4 Å². The molecule has 0 amide bonds. The number of aryl methyl sites for hydroxylation is 1. The van der Waals surface area contributed by atoms with E-state index in [1.807, 2.05) is 32.0 Å². The predicted octanol–water partition coefficient (Wildman–Crippen LogP) is 6.47. The Hall–Kier alpha value is -2.38. The molecule has 0 spiro atoms. The van der Waals surface area contributed by atoms with Gasteiger partial charge in [-0.3, -0.25) is 4.79 Å². The number of ether oxygens (including phenoxy) is 2. The van der Waals surface area contributed by atoms with Gasteiger partial charge in [0.1, 0.15) is 5.82 Å². The van der Waals surface area contributed by atoms with E-state index in [1.165, 1.54) is 4.68 Å². The van der Waals surface area contributed by atoms with Gasteiger partial charge < -0.3 is 9.47 Å². The minimum atomic E-state index is -0.220. The molecule has 0 saturated heterocycles. The third kappa shape index (κ3) is 6.36. The predicted molar refractivity (Wildman–Crippen MR) is 138 cm³/mol. The van der Waals surface area contributed by atoms with Gasteiger partial charge in [-0.1, -0.05) is 55.2 Å². The van der Waals surface area contributed by atoms with Gasteiger partial charge in [-0.15, -0.1) is 0 Å². The first-order valence-electron chi connectivity index (χ1n) is 11.0. The summed E-state index contributed by atoms with van der Waals surface area (Å²) in [4.78, 5) is 17.8. The van der Waals surface area contributed by atoms with Crippen molar-refractivity contribution in [2.45, 2.75) is 47.5 Å². The molecule has 0 aliphatic heterocycles. The number of hydrogen-bond acceptors (Lipinski definition) is 5. The average molecular weight is 535 g/mol. The Morgan fingerprint density at radius 1 is 1.18 bits per heavy atom. The summed E-state index contributed by atoms with van der Waals surface area (Å²) < 4.78 is 13.9. The van der Waals surface area contributed by atoms with Crippen molar-refractivity contribution >= 4 is 44.6 Å². The van der Waals surface area contributed by atoms with Crippen LogP contribution >= 0.6 is 27.5 Å². The van der Waals surface area contributed by atoms with Crippen molar-refractivity contribution in [1.29, 1.82) is 0 Å². The Bertz CT molecular complexity index is 1230. The zero-order valence-electron chi connectivity index (χ0n) is 19.6. The molecule has 176 valence electrons. The number of halogens is 2. The summed E-state index contributed by atoms with van der Waals surface area (Å²) in [6.45, 7) is 11.2. The lowest BCUT2D eigenvalue weighted by molar-refractivity contribution is 0.189. The number of fused-ring (bicyclic) bond motifs is 1. The Balaban J connectivity index is 2.04. The third-order valence-corrected chi connectivity index (χ3v) is 5.43. The maximum absolute atomic E-state index is 13.2. The van der Waals surface area contributed by atoms with Crippen LogP contribution in [0.1, 0.15) is 52.4 Å². The summed E-state index contributed by atoms with van der Waals surface area (Å²) >= 11 is 9.96. The lowest BCUT2D eigenvalue weighted by Gasteiger charge is -2.21. The average Bonchev–Trinajstić information content (AvgIpc) is 2.73. The van der Waals surface area contributed by atoms with Crippen molar-refractivity contribution in [3.8, 4) is 11.5 Å². The molecule has 0 aliphatic carbocycles.